The van der Waals surface area contributed by atoms with E-state index in [1.165, 1.54) is 12.1 Å². The molecule has 1 saturated heterocycles. The number of carbonyl (C=O) groups is 1. The highest BCUT2D eigenvalue weighted by Crippen LogP contribution is 2.12. The number of benzene rings is 1. The predicted octanol–water partition coefficient (Wildman–Crippen LogP) is 1.32. The Bertz CT molecular complexity index is 414. The summed E-state index contributed by atoms with van der Waals surface area (Å²) in [5.74, 6) is -1.27. The molecule has 1 aromatic rings. The van der Waals surface area contributed by atoms with Gasteiger partial charge in [0.05, 0.1) is 6.54 Å². The number of nitrogens with one attached hydrogen (secondary N) is 1. The lowest BCUT2D eigenvalue weighted by Gasteiger charge is -2.27. The quantitative estimate of drug-likeness (QED) is 0.872. The lowest BCUT2D eigenvalue weighted by Crippen LogP contribution is -2.47. The second kappa shape index (κ2) is 5.93. The third-order valence-corrected chi connectivity index (χ3v) is 2.56. The van der Waals surface area contributed by atoms with Crippen molar-refractivity contribution in [3.63, 3.8) is 0 Å². The molecule has 0 aromatic heterocycles. The van der Waals surface area contributed by atoms with E-state index in [-0.39, 0.29) is 31.4 Å². The van der Waals surface area contributed by atoms with E-state index >= 15 is 0 Å². The SMILES string of the molecule is Cl.O=C1CNCCN1Cc1ccc(F)cc1F. The molecule has 0 spiro atoms. The molecule has 3 nitrogen and oxygen atoms in total. The van der Waals surface area contributed by atoms with Crippen molar-refractivity contribution in [3.8, 4) is 0 Å². The van der Waals surface area contributed by atoms with E-state index in [1.54, 1.807) is 4.90 Å². The van der Waals surface area contributed by atoms with Crippen molar-refractivity contribution in [2.45, 2.75) is 6.54 Å². The Balaban J connectivity index is 0.00000144. The zero-order valence-electron chi connectivity index (χ0n) is 9.08. The molecule has 1 aliphatic rings. The van der Waals surface area contributed by atoms with E-state index in [0.29, 0.717) is 18.7 Å². The zero-order chi connectivity index (χ0) is 11.5. The molecule has 1 heterocycles. The first kappa shape index (κ1) is 13.9. The third kappa shape index (κ3) is 3.38. The minimum atomic E-state index is -0.605. The van der Waals surface area contributed by atoms with Crippen molar-refractivity contribution >= 4 is 18.3 Å². The van der Waals surface area contributed by atoms with Gasteiger partial charge in [0.15, 0.2) is 0 Å². The maximum absolute atomic E-state index is 13.3. The minimum absolute atomic E-state index is 0. The van der Waals surface area contributed by atoms with E-state index in [4.69, 9.17) is 0 Å². The summed E-state index contributed by atoms with van der Waals surface area (Å²) in [6.07, 6.45) is 0. The number of amides is 1. The zero-order valence-corrected chi connectivity index (χ0v) is 9.90. The highest BCUT2D eigenvalue weighted by molar-refractivity contribution is 5.85. The highest BCUT2D eigenvalue weighted by Gasteiger charge is 2.18. The lowest BCUT2D eigenvalue weighted by molar-refractivity contribution is -0.132. The normalized spacial score (nSPS) is 15.6. The van der Waals surface area contributed by atoms with Crippen LogP contribution < -0.4 is 5.32 Å². The number of rotatable bonds is 2. The fraction of sp³-hybridized carbons (Fsp3) is 0.364. The van der Waals surface area contributed by atoms with E-state index in [9.17, 15) is 13.6 Å². The summed E-state index contributed by atoms with van der Waals surface area (Å²) in [5.41, 5.74) is 0.344. The van der Waals surface area contributed by atoms with E-state index in [0.717, 1.165) is 6.07 Å². The Labute approximate surface area is 104 Å². The van der Waals surface area contributed by atoms with Gasteiger partial charge >= 0.3 is 0 Å². The van der Waals surface area contributed by atoms with Crippen LogP contribution in [0.5, 0.6) is 0 Å². The number of carbonyl (C=O) groups excluding carboxylic acids is 1. The van der Waals surface area contributed by atoms with E-state index in [2.05, 4.69) is 5.32 Å². The smallest absolute Gasteiger partial charge is 0.236 e. The van der Waals surface area contributed by atoms with Crippen LogP contribution in [0.1, 0.15) is 5.56 Å². The Kier molecular flexibility index (Phi) is 4.84. The number of piperazine rings is 1. The molecule has 0 radical (unpaired) electrons. The summed E-state index contributed by atoms with van der Waals surface area (Å²) in [6, 6.07) is 3.41. The number of nitrogens with zero attached hydrogens (tertiary/aromatic N) is 1. The van der Waals surface area contributed by atoms with Crippen molar-refractivity contribution < 1.29 is 13.6 Å². The van der Waals surface area contributed by atoms with Crippen LogP contribution in [0, 0.1) is 11.6 Å². The second-order valence-corrected chi connectivity index (χ2v) is 3.73. The van der Waals surface area contributed by atoms with Gasteiger partial charge in [-0.05, 0) is 6.07 Å². The van der Waals surface area contributed by atoms with Gasteiger partial charge in [0.2, 0.25) is 5.91 Å². The van der Waals surface area contributed by atoms with Crippen molar-refractivity contribution in [2.75, 3.05) is 19.6 Å². The molecule has 0 bridgehead atoms. The maximum atomic E-state index is 13.3. The van der Waals surface area contributed by atoms with Crippen LogP contribution >= 0.6 is 12.4 Å². The van der Waals surface area contributed by atoms with Gasteiger partial charge in [0.25, 0.3) is 0 Å². The molecule has 0 atom stereocenters. The van der Waals surface area contributed by atoms with Gasteiger partial charge < -0.3 is 10.2 Å². The molecule has 0 unspecified atom stereocenters. The predicted molar refractivity (Wildman–Crippen MR) is 61.9 cm³/mol. The monoisotopic (exact) mass is 262 g/mol. The summed E-state index contributed by atoms with van der Waals surface area (Å²) < 4.78 is 26.0. The highest BCUT2D eigenvalue weighted by atomic mass is 35.5. The largest absolute Gasteiger partial charge is 0.336 e. The van der Waals surface area contributed by atoms with Crippen molar-refractivity contribution in [1.29, 1.82) is 0 Å². The maximum Gasteiger partial charge on any atom is 0.236 e. The second-order valence-electron chi connectivity index (χ2n) is 3.73. The molecule has 94 valence electrons. The molecule has 1 aromatic carbocycles. The first-order valence-electron chi connectivity index (χ1n) is 5.09. The summed E-state index contributed by atoms with van der Waals surface area (Å²) >= 11 is 0. The van der Waals surface area contributed by atoms with Gasteiger partial charge in [-0.25, -0.2) is 8.78 Å². The van der Waals surface area contributed by atoms with Crippen molar-refractivity contribution in [2.24, 2.45) is 0 Å². The van der Waals surface area contributed by atoms with Gasteiger partial charge in [-0.15, -0.1) is 12.4 Å². The molecule has 1 amide bonds. The van der Waals surface area contributed by atoms with Crippen LogP contribution in [0.2, 0.25) is 0 Å². The van der Waals surface area contributed by atoms with Gasteiger partial charge in [-0.1, -0.05) is 6.07 Å². The molecule has 2 rings (SSSR count). The number of halogens is 3. The van der Waals surface area contributed by atoms with Crippen molar-refractivity contribution in [3.05, 3.63) is 35.4 Å². The van der Waals surface area contributed by atoms with Crippen LogP contribution in [0.25, 0.3) is 0 Å². The van der Waals surface area contributed by atoms with Crippen molar-refractivity contribution in [1.82, 2.24) is 10.2 Å². The molecule has 1 N–H and O–H groups in total. The van der Waals surface area contributed by atoms with Gasteiger partial charge in [0, 0.05) is 31.3 Å². The first-order chi connectivity index (χ1) is 7.66. The third-order valence-electron chi connectivity index (χ3n) is 2.56. The molecular weight excluding hydrogens is 250 g/mol. The summed E-state index contributed by atoms with van der Waals surface area (Å²) in [6.45, 7) is 1.74. The number of hydrogen-bond donors (Lipinski definition) is 1. The van der Waals surface area contributed by atoms with Crippen LogP contribution in [0.4, 0.5) is 8.78 Å². The van der Waals surface area contributed by atoms with Crippen LogP contribution in [0.15, 0.2) is 18.2 Å². The van der Waals surface area contributed by atoms with Crippen LogP contribution in [0.3, 0.4) is 0 Å². The van der Waals surface area contributed by atoms with Gasteiger partial charge in [-0.3, -0.25) is 4.79 Å². The standard InChI is InChI=1S/C11H12F2N2O.ClH/c12-9-2-1-8(10(13)5-9)7-15-4-3-14-6-11(15)16;/h1-2,5,14H,3-4,6-7H2;1H. The fourth-order valence-corrected chi connectivity index (χ4v) is 1.67. The molecule has 0 aliphatic carbocycles. The molecule has 17 heavy (non-hydrogen) atoms. The first-order valence-corrected chi connectivity index (χ1v) is 5.09. The average Bonchev–Trinajstić information content (AvgIpc) is 2.25. The summed E-state index contributed by atoms with van der Waals surface area (Å²) in [5, 5.41) is 2.93. The lowest BCUT2D eigenvalue weighted by atomic mass is 10.2. The Hall–Kier alpha value is -1.20. The van der Waals surface area contributed by atoms with E-state index in [1.807, 2.05) is 0 Å². The van der Waals surface area contributed by atoms with E-state index < -0.39 is 11.6 Å². The molecule has 6 heteroatoms. The summed E-state index contributed by atoms with van der Waals surface area (Å²) in [4.78, 5) is 13.0. The minimum Gasteiger partial charge on any atom is -0.336 e. The average molecular weight is 263 g/mol. The topological polar surface area (TPSA) is 32.3 Å². The van der Waals surface area contributed by atoms with Crippen LogP contribution in [-0.4, -0.2) is 30.4 Å². The Morgan fingerprint density at radius 1 is 1.35 bits per heavy atom. The van der Waals surface area contributed by atoms with Gasteiger partial charge in [-0.2, -0.15) is 0 Å². The fourth-order valence-electron chi connectivity index (χ4n) is 1.67. The molecule has 1 aliphatic heterocycles. The Morgan fingerprint density at radius 2 is 2.12 bits per heavy atom. The number of hydrogen-bond acceptors (Lipinski definition) is 2. The molecular formula is C11H13ClF2N2O. The molecule has 0 saturated carbocycles. The van der Waals surface area contributed by atoms with Gasteiger partial charge in [0.1, 0.15) is 11.6 Å². The molecule has 1 fully saturated rings. The Morgan fingerprint density at radius 3 is 2.76 bits per heavy atom. The van der Waals surface area contributed by atoms with Crippen LogP contribution in [-0.2, 0) is 11.3 Å². The summed E-state index contributed by atoms with van der Waals surface area (Å²) in [7, 11) is 0.